The second-order valence-corrected chi connectivity index (χ2v) is 7.10. The molecule has 1 aromatic carbocycles. The molecule has 0 saturated heterocycles. The lowest BCUT2D eigenvalue weighted by molar-refractivity contribution is -0.142. The Morgan fingerprint density at radius 3 is 2.75 bits per heavy atom. The van der Waals surface area contributed by atoms with Crippen molar-refractivity contribution >= 4 is 16.0 Å². The van der Waals surface area contributed by atoms with Crippen molar-refractivity contribution in [2.75, 3.05) is 12.3 Å². The molecule has 6 heteroatoms. The molecule has 110 valence electrons. The third-order valence-corrected chi connectivity index (χ3v) is 5.70. The van der Waals surface area contributed by atoms with Crippen LogP contribution in [0.4, 0.5) is 0 Å². The Hall–Kier alpha value is -1.40. The lowest BCUT2D eigenvalue weighted by Crippen LogP contribution is -2.44. The maximum Gasteiger partial charge on any atom is 0.326 e. The van der Waals surface area contributed by atoms with Gasteiger partial charge < -0.3 is 5.11 Å². The number of benzene rings is 1. The molecule has 0 fully saturated rings. The molecule has 1 N–H and O–H groups in total. The molecule has 0 aliphatic carbocycles. The number of carboxylic acid groups (broad SMARTS) is 1. The number of fused-ring (bicyclic) bond motifs is 1. The minimum absolute atomic E-state index is 0.0159. The van der Waals surface area contributed by atoms with E-state index in [-0.39, 0.29) is 12.3 Å². The maximum atomic E-state index is 12.3. The van der Waals surface area contributed by atoms with Crippen LogP contribution in [0.5, 0.6) is 0 Å². The Morgan fingerprint density at radius 2 is 2.15 bits per heavy atom. The summed E-state index contributed by atoms with van der Waals surface area (Å²) in [5, 5.41) is 9.47. The number of aliphatic carboxylic acids is 1. The van der Waals surface area contributed by atoms with E-state index < -0.39 is 22.0 Å². The first-order chi connectivity index (χ1) is 9.38. The number of sulfonamides is 1. The molecular formula is C14H19NO4S. The Balaban J connectivity index is 2.52. The van der Waals surface area contributed by atoms with Crippen LogP contribution in [-0.4, -0.2) is 36.1 Å². The minimum atomic E-state index is -3.53. The number of carbonyl (C=O) groups is 1. The topological polar surface area (TPSA) is 74.7 Å². The van der Waals surface area contributed by atoms with Crippen molar-refractivity contribution in [1.29, 1.82) is 0 Å². The van der Waals surface area contributed by atoms with Gasteiger partial charge in [0, 0.05) is 6.54 Å². The van der Waals surface area contributed by atoms with Gasteiger partial charge in [0.05, 0.1) is 5.75 Å². The first-order valence-corrected chi connectivity index (χ1v) is 8.30. The summed E-state index contributed by atoms with van der Waals surface area (Å²) in [5.41, 5.74) is 2.58. The quantitative estimate of drug-likeness (QED) is 0.918. The summed E-state index contributed by atoms with van der Waals surface area (Å²) in [7, 11) is -3.53. The highest BCUT2D eigenvalue weighted by Crippen LogP contribution is 2.33. The predicted molar refractivity (Wildman–Crippen MR) is 76.0 cm³/mol. The molecule has 1 atom stereocenters. The zero-order valence-electron chi connectivity index (χ0n) is 11.7. The molecule has 20 heavy (non-hydrogen) atoms. The van der Waals surface area contributed by atoms with Crippen LogP contribution in [0.15, 0.2) is 18.2 Å². The zero-order valence-corrected chi connectivity index (χ0v) is 12.5. The molecule has 0 saturated carbocycles. The van der Waals surface area contributed by atoms with Gasteiger partial charge in [-0.3, -0.25) is 4.79 Å². The number of hydrogen-bond donors (Lipinski definition) is 1. The van der Waals surface area contributed by atoms with Gasteiger partial charge in [-0.05, 0) is 36.5 Å². The van der Waals surface area contributed by atoms with Gasteiger partial charge in [-0.15, -0.1) is 0 Å². The minimum Gasteiger partial charge on any atom is -0.480 e. The largest absolute Gasteiger partial charge is 0.480 e. The molecule has 1 aliphatic heterocycles. The molecule has 0 spiro atoms. The Bertz CT molecular complexity index is 624. The van der Waals surface area contributed by atoms with Crippen LogP contribution in [0.25, 0.3) is 0 Å². The summed E-state index contributed by atoms with van der Waals surface area (Å²) in [6.07, 6.45) is 1.04. The van der Waals surface area contributed by atoms with E-state index in [9.17, 15) is 18.3 Å². The van der Waals surface area contributed by atoms with Crippen LogP contribution in [-0.2, 0) is 21.2 Å². The highest BCUT2D eigenvalue weighted by Gasteiger charge is 2.39. The van der Waals surface area contributed by atoms with E-state index >= 15 is 0 Å². The van der Waals surface area contributed by atoms with Crippen molar-refractivity contribution in [3.8, 4) is 0 Å². The van der Waals surface area contributed by atoms with Gasteiger partial charge in [-0.1, -0.05) is 25.1 Å². The van der Waals surface area contributed by atoms with Crippen molar-refractivity contribution < 1.29 is 18.3 Å². The number of rotatable bonds is 4. The molecule has 0 aromatic heterocycles. The Morgan fingerprint density at radius 1 is 1.45 bits per heavy atom. The summed E-state index contributed by atoms with van der Waals surface area (Å²) in [6, 6.07) is 4.32. The summed E-state index contributed by atoms with van der Waals surface area (Å²) in [6.45, 7) is 3.93. The SMILES string of the molecule is CCCS(=O)(=O)N1CCc2c(C)cccc2C1C(=O)O. The molecular weight excluding hydrogens is 278 g/mol. The Labute approximate surface area is 119 Å². The van der Waals surface area contributed by atoms with Gasteiger partial charge in [0.25, 0.3) is 0 Å². The molecule has 1 heterocycles. The molecule has 1 aromatic rings. The normalized spacial score (nSPS) is 19.6. The lowest BCUT2D eigenvalue weighted by Gasteiger charge is -2.34. The average molecular weight is 297 g/mol. The Kier molecular flexibility index (Phi) is 4.15. The van der Waals surface area contributed by atoms with Gasteiger partial charge >= 0.3 is 5.97 Å². The standard InChI is InChI=1S/C14H19NO4S/c1-3-9-20(18,19)15-8-7-11-10(2)5-4-6-12(11)13(15)14(16)17/h4-6,13H,3,7-9H2,1-2H3,(H,16,17). The predicted octanol–water partition coefficient (Wildman–Crippen LogP) is 1.72. The summed E-state index contributed by atoms with van der Waals surface area (Å²) in [4.78, 5) is 11.6. The van der Waals surface area contributed by atoms with E-state index in [1.165, 1.54) is 0 Å². The van der Waals surface area contributed by atoms with E-state index in [0.29, 0.717) is 18.4 Å². The van der Waals surface area contributed by atoms with Crippen molar-refractivity contribution in [3.63, 3.8) is 0 Å². The number of aryl methyl sites for hydroxylation is 1. The molecule has 0 amide bonds. The first kappa shape index (κ1) is 15.0. The van der Waals surface area contributed by atoms with Crippen LogP contribution in [0, 0.1) is 6.92 Å². The number of carboxylic acids is 1. The summed E-state index contributed by atoms with van der Waals surface area (Å²) >= 11 is 0. The van der Waals surface area contributed by atoms with E-state index in [4.69, 9.17) is 0 Å². The molecule has 2 rings (SSSR count). The first-order valence-electron chi connectivity index (χ1n) is 6.69. The maximum absolute atomic E-state index is 12.3. The fraction of sp³-hybridized carbons (Fsp3) is 0.500. The molecule has 0 radical (unpaired) electrons. The third-order valence-electron chi connectivity index (χ3n) is 3.66. The van der Waals surface area contributed by atoms with Crippen molar-refractivity contribution in [2.45, 2.75) is 32.7 Å². The number of nitrogens with zero attached hydrogens (tertiary/aromatic N) is 1. The summed E-state index contributed by atoms with van der Waals surface area (Å²) < 4.78 is 25.7. The van der Waals surface area contributed by atoms with E-state index in [0.717, 1.165) is 15.4 Å². The highest BCUT2D eigenvalue weighted by atomic mass is 32.2. The van der Waals surface area contributed by atoms with Crippen LogP contribution in [0.1, 0.15) is 36.1 Å². The van der Waals surface area contributed by atoms with Gasteiger partial charge in [0.15, 0.2) is 0 Å². The van der Waals surface area contributed by atoms with Crippen LogP contribution in [0.3, 0.4) is 0 Å². The van der Waals surface area contributed by atoms with Crippen molar-refractivity contribution in [3.05, 3.63) is 34.9 Å². The monoisotopic (exact) mass is 297 g/mol. The molecule has 1 aliphatic rings. The second-order valence-electron chi connectivity index (χ2n) is 5.06. The van der Waals surface area contributed by atoms with Gasteiger partial charge in [0.2, 0.25) is 10.0 Å². The van der Waals surface area contributed by atoms with E-state index in [1.807, 2.05) is 13.0 Å². The molecule has 5 nitrogen and oxygen atoms in total. The third kappa shape index (κ3) is 2.58. The number of hydrogen-bond acceptors (Lipinski definition) is 3. The summed E-state index contributed by atoms with van der Waals surface area (Å²) in [5.74, 6) is -1.13. The lowest BCUT2D eigenvalue weighted by atomic mass is 9.91. The fourth-order valence-electron chi connectivity index (χ4n) is 2.76. The fourth-order valence-corrected chi connectivity index (χ4v) is 4.40. The van der Waals surface area contributed by atoms with Crippen molar-refractivity contribution in [2.24, 2.45) is 0 Å². The van der Waals surface area contributed by atoms with Gasteiger partial charge in [0.1, 0.15) is 6.04 Å². The van der Waals surface area contributed by atoms with Crippen LogP contribution >= 0.6 is 0 Å². The molecule has 1 unspecified atom stereocenters. The zero-order chi connectivity index (χ0) is 14.9. The smallest absolute Gasteiger partial charge is 0.326 e. The van der Waals surface area contributed by atoms with Crippen molar-refractivity contribution in [1.82, 2.24) is 4.31 Å². The molecule has 0 bridgehead atoms. The highest BCUT2D eigenvalue weighted by molar-refractivity contribution is 7.89. The van der Waals surface area contributed by atoms with Crippen LogP contribution in [0.2, 0.25) is 0 Å². The van der Waals surface area contributed by atoms with Gasteiger partial charge in [-0.2, -0.15) is 4.31 Å². The van der Waals surface area contributed by atoms with Crippen LogP contribution < -0.4 is 0 Å². The second kappa shape index (κ2) is 5.54. The van der Waals surface area contributed by atoms with E-state index in [1.54, 1.807) is 19.1 Å². The van der Waals surface area contributed by atoms with Gasteiger partial charge in [-0.25, -0.2) is 8.42 Å². The average Bonchev–Trinajstić information content (AvgIpc) is 2.37. The van der Waals surface area contributed by atoms with E-state index in [2.05, 4.69) is 0 Å².